The fourth-order valence-corrected chi connectivity index (χ4v) is 1.81. The number of nitrogens with zero attached hydrogens (tertiary/aromatic N) is 2. The lowest BCUT2D eigenvalue weighted by molar-refractivity contribution is 0.221. The number of aromatic nitrogens is 2. The number of likely N-dealkylation sites (tertiary alicyclic amines) is 1. The van der Waals surface area contributed by atoms with Crippen molar-refractivity contribution in [3.8, 4) is 0 Å². The highest BCUT2D eigenvalue weighted by Crippen LogP contribution is 2.14. The largest absolute Gasteiger partial charge is 0.384 e. The van der Waals surface area contributed by atoms with Crippen molar-refractivity contribution < 1.29 is 0 Å². The first kappa shape index (κ1) is 8.56. The fourth-order valence-electron chi connectivity index (χ4n) is 1.81. The number of H-pyrrole nitrogens is 1. The van der Waals surface area contributed by atoms with Crippen LogP contribution in [-0.4, -0.2) is 28.2 Å². The van der Waals surface area contributed by atoms with Gasteiger partial charge in [-0.2, -0.15) is 5.10 Å². The smallest absolute Gasteiger partial charge is 0.123 e. The zero-order valence-electron chi connectivity index (χ0n) is 7.79. The molecule has 0 saturated carbocycles. The number of nitrogens with two attached hydrogens (primary N) is 1. The maximum atomic E-state index is 5.71. The van der Waals surface area contributed by atoms with E-state index in [1.807, 2.05) is 6.20 Å². The van der Waals surface area contributed by atoms with Gasteiger partial charge in [-0.3, -0.25) is 10.00 Å². The third-order valence-electron chi connectivity index (χ3n) is 2.59. The molecule has 4 heteroatoms. The van der Waals surface area contributed by atoms with E-state index in [1.54, 1.807) is 0 Å². The van der Waals surface area contributed by atoms with Crippen LogP contribution in [-0.2, 0) is 6.54 Å². The van der Waals surface area contributed by atoms with E-state index in [4.69, 9.17) is 5.73 Å². The van der Waals surface area contributed by atoms with Crippen LogP contribution in [0.2, 0.25) is 0 Å². The van der Waals surface area contributed by atoms with Crippen molar-refractivity contribution in [2.45, 2.75) is 25.8 Å². The van der Waals surface area contributed by atoms with Gasteiger partial charge in [0, 0.05) is 12.1 Å². The van der Waals surface area contributed by atoms with Crippen molar-refractivity contribution in [2.75, 3.05) is 18.8 Å². The first-order valence-electron chi connectivity index (χ1n) is 4.86. The molecule has 4 nitrogen and oxygen atoms in total. The molecule has 1 aliphatic rings. The molecule has 3 N–H and O–H groups in total. The molecule has 1 saturated heterocycles. The molecule has 0 amide bonds. The van der Waals surface area contributed by atoms with Gasteiger partial charge in [-0.1, -0.05) is 6.42 Å². The maximum absolute atomic E-state index is 5.71. The molecule has 2 heterocycles. The van der Waals surface area contributed by atoms with E-state index >= 15 is 0 Å². The summed E-state index contributed by atoms with van der Waals surface area (Å²) >= 11 is 0. The average molecular weight is 180 g/mol. The maximum Gasteiger partial charge on any atom is 0.123 e. The Morgan fingerprint density at radius 2 is 2.15 bits per heavy atom. The highest BCUT2D eigenvalue weighted by atomic mass is 15.2. The number of aromatic amines is 1. The first-order chi connectivity index (χ1) is 6.36. The monoisotopic (exact) mass is 180 g/mol. The van der Waals surface area contributed by atoms with E-state index in [-0.39, 0.29) is 0 Å². The number of piperidine rings is 1. The van der Waals surface area contributed by atoms with E-state index in [2.05, 4.69) is 15.1 Å². The molecular formula is C9H16N4. The van der Waals surface area contributed by atoms with Crippen molar-refractivity contribution in [2.24, 2.45) is 0 Å². The second-order valence-corrected chi connectivity index (χ2v) is 3.65. The predicted molar refractivity (Wildman–Crippen MR) is 52.1 cm³/mol. The quantitative estimate of drug-likeness (QED) is 0.713. The zero-order chi connectivity index (χ0) is 9.10. The summed E-state index contributed by atoms with van der Waals surface area (Å²) in [6.45, 7) is 3.34. The normalized spacial score (nSPS) is 19.1. The van der Waals surface area contributed by atoms with E-state index < -0.39 is 0 Å². The molecule has 0 radical (unpaired) electrons. The molecular weight excluding hydrogens is 164 g/mol. The molecule has 0 aromatic carbocycles. The standard InChI is InChI=1S/C9H16N4/c10-9-8(6-11-12-9)7-13-4-2-1-3-5-13/h6H,1-5,7H2,(H3,10,11,12). The van der Waals surface area contributed by atoms with Crippen LogP contribution < -0.4 is 5.73 Å². The SMILES string of the molecule is Nc1[nH]ncc1CN1CCCCC1. The van der Waals surface area contributed by atoms with Gasteiger partial charge in [-0.05, 0) is 25.9 Å². The topological polar surface area (TPSA) is 57.9 Å². The van der Waals surface area contributed by atoms with Crippen LogP contribution in [0.4, 0.5) is 5.82 Å². The summed E-state index contributed by atoms with van der Waals surface area (Å²) in [5, 5.41) is 6.67. The molecule has 0 spiro atoms. The number of rotatable bonds is 2. The van der Waals surface area contributed by atoms with E-state index in [0.717, 1.165) is 12.1 Å². The molecule has 1 aliphatic heterocycles. The molecule has 13 heavy (non-hydrogen) atoms. The predicted octanol–water partition coefficient (Wildman–Crippen LogP) is 0.978. The molecule has 1 aromatic heterocycles. The van der Waals surface area contributed by atoms with Gasteiger partial charge in [0.25, 0.3) is 0 Å². The van der Waals surface area contributed by atoms with Crippen LogP contribution in [0.15, 0.2) is 6.20 Å². The number of hydrogen-bond donors (Lipinski definition) is 2. The van der Waals surface area contributed by atoms with Gasteiger partial charge in [-0.25, -0.2) is 0 Å². The minimum absolute atomic E-state index is 0.713. The van der Waals surface area contributed by atoms with Crippen molar-refractivity contribution in [1.29, 1.82) is 0 Å². The van der Waals surface area contributed by atoms with Crippen LogP contribution in [0, 0.1) is 0 Å². The molecule has 0 aliphatic carbocycles. The third kappa shape index (κ3) is 2.01. The summed E-state index contributed by atoms with van der Waals surface area (Å²) in [5.41, 5.74) is 6.84. The molecule has 72 valence electrons. The Balaban J connectivity index is 1.93. The Morgan fingerprint density at radius 1 is 1.38 bits per heavy atom. The van der Waals surface area contributed by atoms with Gasteiger partial charge in [-0.15, -0.1) is 0 Å². The van der Waals surface area contributed by atoms with E-state index in [1.165, 1.54) is 32.4 Å². The van der Waals surface area contributed by atoms with Crippen LogP contribution in [0.25, 0.3) is 0 Å². The van der Waals surface area contributed by atoms with Crippen LogP contribution >= 0.6 is 0 Å². The van der Waals surface area contributed by atoms with Gasteiger partial charge in [0.05, 0.1) is 6.20 Å². The highest BCUT2D eigenvalue weighted by molar-refractivity contribution is 5.36. The zero-order valence-corrected chi connectivity index (χ0v) is 7.79. The van der Waals surface area contributed by atoms with Crippen molar-refractivity contribution in [3.05, 3.63) is 11.8 Å². The summed E-state index contributed by atoms with van der Waals surface area (Å²) in [6, 6.07) is 0. The van der Waals surface area contributed by atoms with Gasteiger partial charge >= 0.3 is 0 Å². The summed E-state index contributed by atoms with van der Waals surface area (Å²) in [4.78, 5) is 2.44. The number of nitrogens with one attached hydrogen (secondary N) is 1. The molecule has 2 rings (SSSR count). The number of anilines is 1. The summed E-state index contributed by atoms with van der Waals surface area (Å²) in [7, 11) is 0. The Kier molecular flexibility index (Phi) is 2.49. The lowest BCUT2D eigenvalue weighted by atomic mass is 10.1. The van der Waals surface area contributed by atoms with E-state index in [9.17, 15) is 0 Å². The number of hydrogen-bond acceptors (Lipinski definition) is 3. The second kappa shape index (κ2) is 3.79. The third-order valence-corrected chi connectivity index (χ3v) is 2.59. The fraction of sp³-hybridized carbons (Fsp3) is 0.667. The second-order valence-electron chi connectivity index (χ2n) is 3.65. The summed E-state index contributed by atoms with van der Waals surface area (Å²) in [5.74, 6) is 0.713. The Hall–Kier alpha value is -1.03. The minimum Gasteiger partial charge on any atom is -0.384 e. The Bertz CT molecular complexity index is 262. The molecule has 1 aromatic rings. The lowest BCUT2D eigenvalue weighted by Gasteiger charge is -2.25. The highest BCUT2D eigenvalue weighted by Gasteiger charge is 2.12. The average Bonchev–Trinajstić information content (AvgIpc) is 2.54. The molecule has 0 atom stereocenters. The van der Waals surface area contributed by atoms with Crippen LogP contribution in [0.1, 0.15) is 24.8 Å². The van der Waals surface area contributed by atoms with Crippen LogP contribution in [0.3, 0.4) is 0 Å². The van der Waals surface area contributed by atoms with Crippen molar-refractivity contribution in [1.82, 2.24) is 15.1 Å². The van der Waals surface area contributed by atoms with E-state index in [0.29, 0.717) is 5.82 Å². The summed E-state index contributed by atoms with van der Waals surface area (Å²) < 4.78 is 0. The van der Waals surface area contributed by atoms with Crippen molar-refractivity contribution in [3.63, 3.8) is 0 Å². The number of nitrogen functional groups attached to an aromatic ring is 1. The van der Waals surface area contributed by atoms with Gasteiger partial charge < -0.3 is 5.73 Å². The van der Waals surface area contributed by atoms with Crippen LogP contribution in [0.5, 0.6) is 0 Å². The van der Waals surface area contributed by atoms with Gasteiger partial charge in [0.1, 0.15) is 5.82 Å². The Labute approximate surface area is 78.1 Å². The minimum atomic E-state index is 0.713. The molecule has 0 bridgehead atoms. The van der Waals surface area contributed by atoms with Crippen molar-refractivity contribution >= 4 is 5.82 Å². The van der Waals surface area contributed by atoms with Gasteiger partial charge in [0.2, 0.25) is 0 Å². The van der Waals surface area contributed by atoms with Gasteiger partial charge in [0.15, 0.2) is 0 Å². The summed E-state index contributed by atoms with van der Waals surface area (Å²) in [6.07, 6.45) is 5.83. The first-order valence-corrected chi connectivity index (χ1v) is 4.86. The Morgan fingerprint density at radius 3 is 2.77 bits per heavy atom. The molecule has 1 fully saturated rings. The lowest BCUT2D eigenvalue weighted by Crippen LogP contribution is -2.29. The molecule has 0 unspecified atom stereocenters.